The fourth-order valence-electron chi connectivity index (χ4n) is 0.205. The van der Waals surface area contributed by atoms with Crippen molar-refractivity contribution in [1.29, 1.82) is 0 Å². The summed E-state index contributed by atoms with van der Waals surface area (Å²) >= 11 is 0. The Morgan fingerprint density at radius 2 is 1.78 bits per heavy atom. The van der Waals surface area contributed by atoms with Crippen molar-refractivity contribution in [2.75, 3.05) is 0 Å². The SMILES string of the molecule is CC(F)C(F)(F)B(O)O. The van der Waals surface area contributed by atoms with E-state index in [0.29, 0.717) is 6.92 Å². The maximum Gasteiger partial charge on any atom is 0.531 e. The highest BCUT2D eigenvalue weighted by molar-refractivity contribution is 6.44. The van der Waals surface area contributed by atoms with Crippen molar-refractivity contribution in [1.82, 2.24) is 0 Å². The summed E-state index contributed by atoms with van der Waals surface area (Å²) in [4.78, 5) is 0. The molecule has 0 amide bonds. The van der Waals surface area contributed by atoms with E-state index < -0.39 is 19.1 Å². The van der Waals surface area contributed by atoms with Crippen molar-refractivity contribution >= 4 is 7.12 Å². The molecule has 9 heavy (non-hydrogen) atoms. The molecule has 0 saturated heterocycles. The van der Waals surface area contributed by atoms with E-state index in [1.807, 2.05) is 0 Å². The highest BCUT2D eigenvalue weighted by atomic mass is 19.3. The topological polar surface area (TPSA) is 40.5 Å². The van der Waals surface area contributed by atoms with Gasteiger partial charge < -0.3 is 10.0 Å². The van der Waals surface area contributed by atoms with Gasteiger partial charge in [-0.05, 0) is 6.92 Å². The van der Waals surface area contributed by atoms with Crippen LogP contribution in [0.2, 0.25) is 0 Å². The molecule has 0 radical (unpaired) electrons. The van der Waals surface area contributed by atoms with Crippen LogP contribution in [0.1, 0.15) is 6.92 Å². The molecule has 0 aliphatic rings. The summed E-state index contributed by atoms with van der Waals surface area (Å²) < 4.78 is 35.2. The van der Waals surface area contributed by atoms with E-state index in [0.717, 1.165) is 0 Å². The molecule has 0 rings (SSSR count). The summed E-state index contributed by atoms with van der Waals surface area (Å²) in [6.45, 7) is 0.555. The minimum atomic E-state index is -4.06. The highest BCUT2D eigenvalue weighted by Crippen LogP contribution is 2.21. The lowest BCUT2D eigenvalue weighted by Gasteiger charge is -2.14. The zero-order valence-corrected chi connectivity index (χ0v) is 4.68. The molecule has 0 aromatic heterocycles. The third-order valence-corrected chi connectivity index (χ3v) is 0.875. The number of hydrogen-bond donors (Lipinski definition) is 2. The summed E-state index contributed by atoms with van der Waals surface area (Å²) in [5.74, 6) is -4.06. The summed E-state index contributed by atoms with van der Waals surface area (Å²) in [6, 6.07) is 0. The van der Waals surface area contributed by atoms with Gasteiger partial charge in [0.1, 0.15) is 0 Å². The van der Waals surface area contributed by atoms with Crippen molar-refractivity contribution in [3.05, 3.63) is 0 Å². The third kappa shape index (κ3) is 1.87. The van der Waals surface area contributed by atoms with Crippen LogP contribution in [0.5, 0.6) is 0 Å². The lowest BCUT2D eigenvalue weighted by molar-refractivity contribution is -0.0183. The fraction of sp³-hybridized carbons (Fsp3) is 1.00. The van der Waals surface area contributed by atoms with Crippen molar-refractivity contribution in [3.63, 3.8) is 0 Å². The molecule has 0 aliphatic carbocycles. The molecule has 1 atom stereocenters. The number of alkyl halides is 3. The largest absolute Gasteiger partial charge is 0.531 e. The Balaban J connectivity index is 4.01. The molecule has 6 heteroatoms. The average molecular weight is 142 g/mol. The Bertz CT molecular complexity index is 85.1. The predicted molar refractivity (Wildman–Crippen MR) is 25.7 cm³/mol. The van der Waals surface area contributed by atoms with Crippen LogP contribution >= 0.6 is 0 Å². The molecule has 0 aromatic rings. The highest BCUT2D eigenvalue weighted by Gasteiger charge is 2.49. The van der Waals surface area contributed by atoms with E-state index in [4.69, 9.17) is 10.0 Å². The van der Waals surface area contributed by atoms with E-state index in [1.165, 1.54) is 0 Å². The van der Waals surface area contributed by atoms with Gasteiger partial charge in [-0.1, -0.05) is 0 Å². The first-order chi connectivity index (χ1) is 3.89. The van der Waals surface area contributed by atoms with E-state index >= 15 is 0 Å². The van der Waals surface area contributed by atoms with E-state index in [9.17, 15) is 13.2 Å². The summed E-state index contributed by atoms with van der Waals surface area (Å²) in [5, 5.41) is 15.6. The van der Waals surface area contributed by atoms with Crippen LogP contribution in [0.15, 0.2) is 0 Å². The molecular formula is C3H6BF3O2. The van der Waals surface area contributed by atoms with Gasteiger partial charge in [0.2, 0.25) is 0 Å². The second-order valence-corrected chi connectivity index (χ2v) is 1.66. The van der Waals surface area contributed by atoms with Gasteiger partial charge in [-0.3, -0.25) is 0 Å². The third-order valence-electron chi connectivity index (χ3n) is 0.875. The van der Waals surface area contributed by atoms with Crippen molar-refractivity contribution in [2.45, 2.75) is 18.9 Å². The van der Waals surface area contributed by atoms with E-state index in [-0.39, 0.29) is 0 Å². The molecule has 2 N–H and O–H groups in total. The van der Waals surface area contributed by atoms with Crippen LogP contribution in [-0.2, 0) is 0 Å². The molecular weight excluding hydrogens is 136 g/mol. The Hall–Kier alpha value is -0.225. The number of rotatable bonds is 2. The molecule has 0 heterocycles. The van der Waals surface area contributed by atoms with Gasteiger partial charge >= 0.3 is 12.9 Å². The zero-order valence-electron chi connectivity index (χ0n) is 4.68. The van der Waals surface area contributed by atoms with Crippen LogP contribution in [0.3, 0.4) is 0 Å². The van der Waals surface area contributed by atoms with Gasteiger partial charge in [-0.15, -0.1) is 0 Å². The van der Waals surface area contributed by atoms with Crippen molar-refractivity contribution in [2.24, 2.45) is 0 Å². The predicted octanol–water partition coefficient (Wildman–Crippen LogP) is -0.00830. The average Bonchev–Trinajstić information content (AvgIpc) is 1.65. The first-order valence-electron chi connectivity index (χ1n) is 2.27. The quantitative estimate of drug-likeness (QED) is 0.532. The molecule has 1 unspecified atom stereocenters. The monoisotopic (exact) mass is 142 g/mol. The van der Waals surface area contributed by atoms with Gasteiger partial charge in [0.15, 0.2) is 6.17 Å². The lowest BCUT2D eigenvalue weighted by Crippen LogP contribution is -2.44. The van der Waals surface area contributed by atoms with Crippen molar-refractivity contribution in [3.8, 4) is 0 Å². The Labute approximate surface area is 50.4 Å². The summed E-state index contributed by atoms with van der Waals surface area (Å²) in [5.41, 5.74) is 0. The maximum atomic E-state index is 11.8. The van der Waals surface area contributed by atoms with Crippen LogP contribution in [-0.4, -0.2) is 29.2 Å². The normalized spacial score (nSPS) is 15.3. The molecule has 0 aliphatic heterocycles. The van der Waals surface area contributed by atoms with Crippen LogP contribution in [0.4, 0.5) is 13.2 Å². The second kappa shape index (κ2) is 2.57. The van der Waals surface area contributed by atoms with Crippen LogP contribution < -0.4 is 0 Å². The van der Waals surface area contributed by atoms with E-state index in [1.54, 1.807) is 0 Å². The first-order valence-corrected chi connectivity index (χ1v) is 2.27. The maximum absolute atomic E-state index is 11.8. The minimum absolute atomic E-state index is 0.555. The molecule has 0 saturated carbocycles. The molecule has 0 fully saturated rings. The van der Waals surface area contributed by atoms with Gasteiger partial charge in [0, 0.05) is 0 Å². The molecule has 2 nitrogen and oxygen atoms in total. The second-order valence-electron chi connectivity index (χ2n) is 1.66. The van der Waals surface area contributed by atoms with E-state index in [2.05, 4.69) is 0 Å². The Morgan fingerprint density at radius 3 is 1.78 bits per heavy atom. The minimum Gasteiger partial charge on any atom is -0.423 e. The molecule has 54 valence electrons. The standard InChI is InChI=1S/C3H6BF3O2/c1-2(5)3(6,7)4(8)9/h2,8-9H,1H3. The first kappa shape index (κ1) is 8.77. The van der Waals surface area contributed by atoms with Crippen LogP contribution in [0.25, 0.3) is 0 Å². The molecule has 0 spiro atoms. The van der Waals surface area contributed by atoms with Crippen LogP contribution in [0, 0.1) is 0 Å². The van der Waals surface area contributed by atoms with Gasteiger partial charge in [-0.2, -0.15) is 0 Å². The van der Waals surface area contributed by atoms with Crippen molar-refractivity contribution < 1.29 is 23.2 Å². The lowest BCUT2D eigenvalue weighted by atomic mass is 9.78. The van der Waals surface area contributed by atoms with Gasteiger partial charge in [0.25, 0.3) is 0 Å². The van der Waals surface area contributed by atoms with Gasteiger partial charge in [-0.25, -0.2) is 13.2 Å². The zero-order chi connectivity index (χ0) is 7.65. The Kier molecular flexibility index (Phi) is 2.51. The summed E-state index contributed by atoms with van der Waals surface area (Å²) in [7, 11) is -2.92. The number of hydrogen-bond acceptors (Lipinski definition) is 2. The summed E-state index contributed by atoms with van der Waals surface area (Å²) in [6.07, 6.45) is -2.54. The Morgan fingerprint density at radius 1 is 1.44 bits per heavy atom. The molecule has 0 aromatic carbocycles. The fourth-order valence-corrected chi connectivity index (χ4v) is 0.205. The smallest absolute Gasteiger partial charge is 0.423 e. The number of halogens is 3. The molecule has 0 bridgehead atoms. The van der Waals surface area contributed by atoms with Gasteiger partial charge in [0.05, 0.1) is 0 Å².